The molecule has 0 amide bonds. The van der Waals surface area contributed by atoms with Crippen LogP contribution in [0.2, 0.25) is 0 Å². The van der Waals surface area contributed by atoms with Crippen LogP contribution in [0.4, 0.5) is 0 Å². The quantitative estimate of drug-likeness (QED) is 0.831. The van der Waals surface area contributed by atoms with Crippen molar-refractivity contribution in [2.24, 2.45) is 0 Å². The van der Waals surface area contributed by atoms with Crippen LogP contribution in [-0.4, -0.2) is 11.1 Å². The summed E-state index contributed by atoms with van der Waals surface area (Å²) in [4.78, 5) is 11.0. The molecule has 0 spiro atoms. The molecular weight excluding hydrogens is 204 g/mol. The molecule has 0 radical (unpaired) electrons. The van der Waals surface area contributed by atoms with Crippen molar-refractivity contribution in [2.45, 2.75) is 0 Å². The number of aromatic carboxylic acids is 1. The van der Waals surface area contributed by atoms with Gasteiger partial charge in [0, 0.05) is 0 Å². The third kappa shape index (κ3) is 1.75. The van der Waals surface area contributed by atoms with E-state index in [1.807, 2.05) is 0 Å². The number of hydrogen-bond acceptors (Lipinski definition) is 2. The predicted octanol–water partition coefficient (Wildman–Crippen LogP) is 2.13. The summed E-state index contributed by atoms with van der Waals surface area (Å²) in [5, 5.41) is 20.6. The molecule has 0 aliphatic heterocycles. The molecule has 3 heteroatoms. The number of benzene rings is 2. The monoisotopic (exact) mass is 213 g/mol. The molecule has 80 valence electrons. The molecule has 1 N–H and O–H groups in total. The first-order valence-corrected chi connectivity index (χ1v) is 4.79. The van der Waals surface area contributed by atoms with Crippen LogP contribution in [0.3, 0.4) is 0 Å². The molecule has 0 saturated carbocycles. The van der Waals surface area contributed by atoms with Gasteiger partial charge in [-0.2, -0.15) is 0 Å². The van der Waals surface area contributed by atoms with Crippen molar-refractivity contribution in [2.75, 3.05) is 0 Å². The highest BCUT2D eigenvalue weighted by atomic mass is 16.4. The minimum atomic E-state index is -1.03. The van der Waals surface area contributed by atoms with E-state index in [0.29, 0.717) is 11.1 Å². The van der Waals surface area contributed by atoms with Crippen LogP contribution in [0.25, 0.3) is 11.1 Å². The van der Waals surface area contributed by atoms with E-state index in [2.05, 4.69) is 0 Å². The standard InChI is InChI=1S/C13H10O3/c14-12-8-4-3-6-10(12)9-5-1-2-7-11(9)13(15)16/h1-8,14H,(H,15,16)/p-1. The molecule has 0 aliphatic carbocycles. The number of hydrogen-bond donors (Lipinski definition) is 1. The van der Waals surface area contributed by atoms with Gasteiger partial charge in [0.15, 0.2) is 0 Å². The zero-order valence-corrected chi connectivity index (χ0v) is 8.38. The fourth-order valence-corrected chi connectivity index (χ4v) is 1.59. The minimum absolute atomic E-state index is 0.144. The molecule has 0 heterocycles. The third-order valence-electron chi connectivity index (χ3n) is 2.33. The lowest BCUT2D eigenvalue weighted by Crippen LogP contribution is -2.01. The first-order valence-electron chi connectivity index (χ1n) is 4.79. The average Bonchev–Trinajstić information content (AvgIpc) is 2.29. The van der Waals surface area contributed by atoms with Crippen LogP contribution >= 0.6 is 0 Å². The second-order valence-corrected chi connectivity index (χ2v) is 3.35. The van der Waals surface area contributed by atoms with Crippen molar-refractivity contribution < 1.29 is 15.0 Å². The summed E-state index contributed by atoms with van der Waals surface area (Å²) in [6, 6.07) is 12.9. The maximum atomic E-state index is 11.6. The Balaban J connectivity index is 2.65. The molecule has 2 aromatic rings. The summed E-state index contributed by atoms with van der Waals surface area (Å²) in [7, 11) is 0. The highest BCUT2D eigenvalue weighted by Gasteiger charge is 2.10. The Morgan fingerprint density at radius 3 is 2.12 bits per heavy atom. The van der Waals surface area contributed by atoms with Gasteiger partial charge in [0.05, 0.1) is 5.56 Å². The van der Waals surface area contributed by atoms with Crippen molar-refractivity contribution in [1.29, 1.82) is 0 Å². The van der Waals surface area contributed by atoms with Crippen LogP contribution in [0, 0.1) is 0 Å². The van der Waals surface area contributed by atoms with Crippen molar-refractivity contribution in [3.63, 3.8) is 0 Å². The van der Waals surface area contributed by atoms with Crippen molar-refractivity contribution in [3.8, 4) is 16.9 Å². The summed E-state index contributed by atoms with van der Waals surface area (Å²) < 4.78 is 0. The van der Waals surface area contributed by atoms with Gasteiger partial charge in [-0.05, 0) is 17.2 Å². The normalized spacial score (nSPS) is 10.0. The summed E-state index contributed by atoms with van der Waals surface area (Å²) >= 11 is 0. The van der Waals surface area contributed by atoms with Gasteiger partial charge in [-0.1, -0.05) is 42.5 Å². The first kappa shape index (κ1) is 10.2. The van der Waals surface area contributed by atoms with Gasteiger partial charge in [-0.3, -0.25) is 0 Å². The number of para-hydroxylation sites is 1. The van der Waals surface area contributed by atoms with E-state index in [1.54, 1.807) is 36.4 Å². The highest BCUT2D eigenvalue weighted by Crippen LogP contribution is 2.29. The van der Waals surface area contributed by atoms with Gasteiger partial charge in [-0.15, -0.1) is 5.75 Å². The van der Waals surface area contributed by atoms with Gasteiger partial charge in [0.1, 0.15) is 0 Å². The van der Waals surface area contributed by atoms with Gasteiger partial charge < -0.3 is 10.2 Å². The summed E-state index contributed by atoms with van der Waals surface area (Å²) in [6.07, 6.45) is 0. The summed E-state index contributed by atoms with van der Waals surface area (Å²) in [5.74, 6) is -1.20. The van der Waals surface area contributed by atoms with Crippen LogP contribution in [0.15, 0.2) is 48.5 Å². The number of carboxylic acids is 1. The van der Waals surface area contributed by atoms with Crippen molar-refractivity contribution in [1.82, 2.24) is 0 Å². The van der Waals surface area contributed by atoms with Crippen LogP contribution in [-0.2, 0) is 0 Å². The molecular formula is C13H9O3-. The van der Waals surface area contributed by atoms with Gasteiger partial charge in [-0.25, -0.2) is 4.79 Å². The van der Waals surface area contributed by atoms with Crippen LogP contribution < -0.4 is 5.11 Å². The lowest BCUT2D eigenvalue weighted by atomic mass is 9.99. The first-order chi connectivity index (χ1) is 7.70. The largest absolute Gasteiger partial charge is 0.872 e. The second-order valence-electron chi connectivity index (χ2n) is 3.35. The highest BCUT2D eigenvalue weighted by molar-refractivity contribution is 5.96. The minimum Gasteiger partial charge on any atom is -0.872 e. The number of carbonyl (C=O) groups is 1. The maximum absolute atomic E-state index is 11.6. The molecule has 0 bridgehead atoms. The zero-order valence-electron chi connectivity index (χ0n) is 8.38. The van der Waals surface area contributed by atoms with Crippen LogP contribution in [0.1, 0.15) is 10.4 Å². The smallest absolute Gasteiger partial charge is 0.336 e. The van der Waals surface area contributed by atoms with E-state index in [0.717, 1.165) is 0 Å². The van der Waals surface area contributed by atoms with Gasteiger partial charge >= 0.3 is 5.97 Å². The zero-order chi connectivity index (χ0) is 11.5. The fourth-order valence-electron chi connectivity index (χ4n) is 1.59. The van der Waals surface area contributed by atoms with E-state index >= 15 is 0 Å². The molecule has 0 saturated heterocycles. The molecule has 0 aliphatic rings. The Morgan fingerprint density at radius 2 is 1.50 bits per heavy atom. The Morgan fingerprint density at radius 1 is 0.938 bits per heavy atom. The third-order valence-corrected chi connectivity index (χ3v) is 2.33. The number of carboxylic acid groups (broad SMARTS) is 1. The van der Waals surface area contributed by atoms with E-state index in [-0.39, 0.29) is 11.3 Å². The molecule has 0 atom stereocenters. The van der Waals surface area contributed by atoms with E-state index in [9.17, 15) is 9.90 Å². The topological polar surface area (TPSA) is 60.4 Å². The Kier molecular flexibility index (Phi) is 2.60. The Labute approximate surface area is 92.6 Å². The average molecular weight is 213 g/mol. The molecule has 16 heavy (non-hydrogen) atoms. The molecule has 2 rings (SSSR count). The second kappa shape index (κ2) is 4.06. The molecule has 2 aromatic carbocycles. The SMILES string of the molecule is O=C(O)c1ccccc1-c1ccccc1[O-]. The van der Waals surface area contributed by atoms with E-state index in [4.69, 9.17) is 5.11 Å². The maximum Gasteiger partial charge on any atom is 0.336 e. The van der Waals surface area contributed by atoms with Crippen molar-refractivity contribution >= 4 is 5.97 Å². The molecule has 0 aromatic heterocycles. The lowest BCUT2D eigenvalue weighted by Gasteiger charge is -2.14. The van der Waals surface area contributed by atoms with Crippen molar-refractivity contribution in [3.05, 3.63) is 54.1 Å². The van der Waals surface area contributed by atoms with E-state index < -0.39 is 5.97 Å². The fraction of sp³-hybridized carbons (Fsp3) is 0. The summed E-state index contributed by atoms with van der Waals surface area (Å²) in [5.41, 5.74) is 1.02. The van der Waals surface area contributed by atoms with Crippen LogP contribution in [0.5, 0.6) is 5.75 Å². The lowest BCUT2D eigenvalue weighted by molar-refractivity contribution is -0.267. The molecule has 3 nitrogen and oxygen atoms in total. The Hall–Kier alpha value is -2.29. The molecule has 0 unspecified atom stereocenters. The van der Waals surface area contributed by atoms with Gasteiger partial charge in [0.2, 0.25) is 0 Å². The summed E-state index contributed by atoms with van der Waals surface area (Å²) in [6.45, 7) is 0. The molecule has 0 fully saturated rings. The number of rotatable bonds is 2. The van der Waals surface area contributed by atoms with Gasteiger partial charge in [0.25, 0.3) is 0 Å². The van der Waals surface area contributed by atoms with E-state index in [1.165, 1.54) is 12.1 Å². The Bertz CT molecular complexity index is 532. The predicted molar refractivity (Wildman–Crippen MR) is 58.3 cm³/mol.